The molecule has 0 saturated carbocycles. The van der Waals surface area contributed by atoms with Gasteiger partial charge in [-0.2, -0.15) is 0 Å². The number of benzene rings is 2. The molecule has 1 unspecified atom stereocenters. The van der Waals surface area contributed by atoms with Crippen LogP contribution in [0.15, 0.2) is 54.9 Å². The summed E-state index contributed by atoms with van der Waals surface area (Å²) in [4.78, 5) is 67.8. The SMILES string of the molecule is COC(=O)N[C@H](C(=O)N1CCCC1c1ncc(-c2ccc(-c3ccc(-c4cnc([C@@H]5CC(F)(F)CN5C(=O)[C@@H](NC(=O)O)C(C)C)[nH]4)cc3)cc2F)[nH]1)C(C)C. The highest BCUT2D eigenvalue weighted by atomic mass is 19.3. The van der Waals surface area contributed by atoms with Crippen molar-refractivity contribution >= 4 is 24.0 Å². The van der Waals surface area contributed by atoms with Crippen LogP contribution in [-0.4, -0.2) is 97.0 Å². The molecule has 0 radical (unpaired) electrons. The highest BCUT2D eigenvalue weighted by Gasteiger charge is 2.50. The Morgan fingerprint density at radius 1 is 0.839 bits per heavy atom. The van der Waals surface area contributed by atoms with Gasteiger partial charge >= 0.3 is 12.2 Å². The van der Waals surface area contributed by atoms with E-state index in [2.05, 4.69) is 30.6 Å². The summed E-state index contributed by atoms with van der Waals surface area (Å²) in [7, 11) is 1.24. The lowest BCUT2D eigenvalue weighted by atomic mass is 10.0. The molecule has 4 atom stereocenters. The van der Waals surface area contributed by atoms with Gasteiger partial charge in [0, 0.05) is 18.5 Å². The highest BCUT2D eigenvalue weighted by molar-refractivity contribution is 5.87. The van der Waals surface area contributed by atoms with Gasteiger partial charge in [0.1, 0.15) is 29.5 Å². The second-order valence-electron chi connectivity index (χ2n) is 14.9. The number of alkyl halides is 2. The average Bonchev–Trinajstić information content (AvgIpc) is 3.98. The third-order valence-electron chi connectivity index (χ3n) is 10.3. The molecule has 298 valence electrons. The number of aromatic amines is 2. The molecule has 2 aliphatic heterocycles. The summed E-state index contributed by atoms with van der Waals surface area (Å²) in [6.45, 7) is 6.55. The Kier molecular flexibility index (Phi) is 11.4. The van der Waals surface area contributed by atoms with Crippen LogP contribution in [0.4, 0.5) is 22.8 Å². The van der Waals surface area contributed by atoms with E-state index in [1.807, 2.05) is 13.8 Å². The van der Waals surface area contributed by atoms with Gasteiger partial charge in [0.25, 0.3) is 5.92 Å². The zero-order valence-corrected chi connectivity index (χ0v) is 31.6. The minimum atomic E-state index is -3.19. The number of hydrogen-bond acceptors (Lipinski definition) is 7. The van der Waals surface area contributed by atoms with E-state index in [9.17, 15) is 33.1 Å². The quantitative estimate of drug-likeness (QED) is 0.114. The number of ether oxygens (including phenoxy) is 1. The van der Waals surface area contributed by atoms with Crippen LogP contribution >= 0.6 is 0 Å². The van der Waals surface area contributed by atoms with Gasteiger partial charge in [0.05, 0.1) is 49.5 Å². The van der Waals surface area contributed by atoms with Crippen molar-refractivity contribution in [1.82, 2.24) is 40.4 Å². The molecule has 4 heterocycles. The first-order chi connectivity index (χ1) is 26.6. The number of H-pyrrole nitrogens is 2. The number of hydrogen-bond donors (Lipinski definition) is 5. The Morgan fingerprint density at radius 3 is 2.04 bits per heavy atom. The first-order valence-electron chi connectivity index (χ1n) is 18.4. The molecule has 17 heteroatoms. The molecule has 6 rings (SSSR count). The lowest BCUT2D eigenvalue weighted by molar-refractivity contribution is -0.137. The Balaban J connectivity index is 1.15. The number of alkyl carbamates (subject to hydrolysis) is 1. The predicted molar refractivity (Wildman–Crippen MR) is 199 cm³/mol. The van der Waals surface area contributed by atoms with Crippen molar-refractivity contribution in [2.75, 3.05) is 20.2 Å². The molecule has 56 heavy (non-hydrogen) atoms. The third kappa shape index (κ3) is 8.35. The number of amides is 4. The van der Waals surface area contributed by atoms with E-state index < -0.39 is 66.8 Å². The number of nitrogens with zero attached hydrogens (tertiary/aromatic N) is 4. The fourth-order valence-electron chi connectivity index (χ4n) is 7.36. The van der Waals surface area contributed by atoms with Crippen molar-refractivity contribution in [2.45, 2.75) is 77.0 Å². The molecule has 2 aromatic carbocycles. The summed E-state index contributed by atoms with van der Waals surface area (Å²) in [6, 6.07) is 8.49. The monoisotopic (exact) mass is 778 g/mol. The number of carboxylic acid groups (broad SMARTS) is 1. The molecule has 2 fully saturated rings. The number of carbonyl (C=O) groups is 4. The van der Waals surface area contributed by atoms with E-state index in [1.165, 1.54) is 25.6 Å². The summed E-state index contributed by atoms with van der Waals surface area (Å²) >= 11 is 0. The molecule has 5 N–H and O–H groups in total. The molecule has 2 aliphatic rings. The molecule has 2 aromatic heterocycles. The van der Waals surface area contributed by atoms with Gasteiger partial charge in [-0.1, -0.05) is 58.0 Å². The summed E-state index contributed by atoms with van der Waals surface area (Å²) in [5, 5.41) is 14.0. The summed E-state index contributed by atoms with van der Waals surface area (Å²) in [6.07, 6.45) is 1.62. The molecular weight excluding hydrogens is 733 g/mol. The lowest BCUT2D eigenvalue weighted by Crippen LogP contribution is -2.51. The minimum absolute atomic E-state index is 0.148. The Hall–Kier alpha value is -5.87. The van der Waals surface area contributed by atoms with Crippen molar-refractivity contribution in [3.05, 3.63) is 72.3 Å². The van der Waals surface area contributed by atoms with Crippen molar-refractivity contribution in [2.24, 2.45) is 11.8 Å². The van der Waals surface area contributed by atoms with Crippen LogP contribution in [-0.2, 0) is 14.3 Å². The molecule has 0 spiro atoms. The molecule has 4 amide bonds. The largest absolute Gasteiger partial charge is 0.465 e. The third-order valence-corrected chi connectivity index (χ3v) is 10.3. The Bertz CT molecular complexity index is 2080. The van der Waals surface area contributed by atoms with Gasteiger partial charge in [-0.25, -0.2) is 32.7 Å². The van der Waals surface area contributed by atoms with Crippen LogP contribution in [0, 0.1) is 17.7 Å². The summed E-state index contributed by atoms with van der Waals surface area (Å²) in [5.41, 5.74) is 3.23. The van der Waals surface area contributed by atoms with E-state index in [0.29, 0.717) is 52.4 Å². The van der Waals surface area contributed by atoms with E-state index in [1.54, 1.807) is 55.1 Å². The van der Waals surface area contributed by atoms with E-state index in [4.69, 9.17) is 4.74 Å². The second-order valence-corrected chi connectivity index (χ2v) is 14.9. The average molecular weight is 779 g/mol. The predicted octanol–water partition coefficient (Wildman–Crippen LogP) is 6.52. The molecular formula is C39H45F3N8O6. The number of nitrogens with one attached hydrogen (secondary N) is 4. The Morgan fingerprint density at radius 2 is 1.41 bits per heavy atom. The van der Waals surface area contributed by atoms with Gasteiger partial charge in [0.15, 0.2) is 0 Å². The normalized spacial score (nSPS) is 19.0. The lowest BCUT2D eigenvalue weighted by Gasteiger charge is -2.30. The van der Waals surface area contributed by atoms with Crippen molar-refractivity contribution in [1.29, 1.82) is 0 Å². The molecule has 0 aliphatic carbocycles. The molecule has 0 bridgehead atoms. The topological polar surface area (TPSA) is 186 Å². The highest BCUT2D eigenvalue weighted by Crippen LogP contribution is 2.41. The molecule has 4 aromatic rings. The fourth-order valence-corrected chi connectivity index (χ4v) is 7.36. The van der Waals surface area contributed by atoms with E-state index >= 15 is 4.39 Å². The number of imidazole rings is 2. The first-order valence-corrected chi connectivity index (χ1v) is 18.4. The standard InChI is InChI=1S/C39H45F3N8O6/c1-20(2)31(47-37(53)54)36(52)50-19-39(41,42)16-30(50)34-43-17-27(45-34)23-10-8-22(9-11-23)24-12-13-25(26(40)15-24)28-18-44-33(46-28)29-7-6-14-49(29)35(51)32(21(3)4)48-38(55)56-5/h8-13,15,17-18,20-21,29-32,47H,6-7,14,16,19H2,1-5H3,(H,43,45)(H,44,46)(H,48,55)(H,53,54)/t29?,30-,31-,32-/m0/s1. The zero-order chi connectivity index (χ0) is 40.5. The van der Waals surface area contributed by atoms with E-state index in [-0.39, 0.29) is 23.7 Å². The number of methoxy groups -OCH3 is 1. The van der Waals surface area contributed by atoms with Gasteiger partial charge in [-0.05, 0) is 53.5 Å². The van der Waals surface area contributed by atoms with Gasteiger partial charge in [-0.3, -0.25) is 9.59 Å². The number of aromatic nitrogens is 4. The second kappa shape index (κ2) is 16.1. The van der Waals surface area contributed by atoms with Gasteiger partial charge < -0.3 is 40.2 Å². The van der Waals surface area contributed by atoms with Crippen molar-refractivity contribution in [3.8, 4) is 33.6 Å². The van der Waals surface area contributed by atoms with Crippen molar-refractivity contribution < 1.29 is 42.2 Å². The number of carbonyl (C=O) groups excluding carboxylic acids is 3. The molecule has 14 nitrogen and oxygen atoms in total. The van der Waals surface area contributed by atoms with Crippen LogP contribution in [0.5, 0.6) is 0 Å². The summed E-state index contributed by atoms with van der Waals surface area (Å²) < 4.78 is 49.7. The first kappa shape index (κ1) is 39.8. The van der Waals surface area contributed by atoms with Gasteiger partial charge in [0.2, 0.25) is 11.8 Å². The van der Waals surface area contributed by atoms with Crippen LogP contribution in [0.2, 0.25) is 0 Å². The number of rotatable bonds is 11. The Labute approximate surface area is 321 Å². The molecule has 2 saturated heterocycles. The van der Waals surface area contributed by atoms with Crippen LogP contribution in [0.3, 0.4) is 0 Å². The number of halogens is 3. The van der Waals surface area contributed by atoms with Crippen LogP contribution in [0.25, 0.3) is 33.6 Å². The minimum Gasteiger partial charge on any atom is -0.465 e. The van der Waals surface area contributed by atoms with Gasteiger partial charge in [-0.15, -0.1) is 0 Å². The smallest absolute Gasteiger partial charge is 0.407 e. The maximum Gasteiger partial charge on any atom is 0.407 e. The maximum absolute atomic E-state index is 15.7. The summed E-state index contributed by atoms with van der Waals surface area (Å²) in [5.74, 6) is -4.68. The van der Waals surface area contributed by atoms with E-state index in [0.717, 1.165) is 11.3 Å². The van der Waals surface area contributed by atoms with Crippen molar-refractivity contribution in [3.63, 3.8) is 0 Å². The number of likely N-dealkylation sites (tertiary alicyclic amines) is 2. The fraction of sp³-hybridized carbons (Fsp3) is 0.436. The zero-order valence-electron chi connectivity index (χ0n) is 31.6. The van der Waals surface area contributed by atoms with Crippen LogP contribution in [0.1, 0.15) is 70.7 Å². The van der Waals surface area contributed by atoms with Crippen LogP contribution < -0.4 is 10.6 Å². The maximum atomic E-state index is 15.7.